The van der Waals surface area contributed by atoms with E-state index in [0.29, 0.717) is 17.1 Å². The number of aromatic nitrogens is 4. The van der Waals surface area contributed by atoms with Gasteiger partial charge in [-0.1, -0.05) is 41.9 Å². The van der Waals surface area contributed by atoms with E-state index in [1.54, 1.807) is 31.3 Å². The van der Waals surface area contributed by atoms with Crippen LogP contribution in [0, 0.1) is 0 Å². The Hall–Kier alpha value is -4.44. The van der Waals surface area contributed by atoms with E-state index in [9.17, 15) is 14.4 Å². The van der Waals surface area contributed by atoms with Gasteiger partial charge in [-0.15, -0.1) is 0 Å². The number of imidazole rings is 1. The number of H-pyrrole nitrogens is 1. The van der Waals surface area contributed by atoms with E-state index < -0.39 is 17.7 Å². The van der Waals surface area contributed by atoms with Gasteiger partial charge in [0, 0.05) is 31.0 Å². The van der Waals surface area contributed by atoms with E-state index in [-0.39, 0.29) is 22.1 Å². The minimum atomic E-state index is -0.781. The second-order valence-electron chi connectivity index (χ2n) is 7.36. The average Bonchev–Trinajstić information content (AvgIpc) is 3.44. The first kappa shape index (κ1) is 22.7. The summed E-state index contributed by atoms with van der Waals surface area (Å²) in [4.78, 5) is 45.0. The van der Waals surface area contributed by atoms with E-state index in [1.807, 2.05) is 30.3 Å². The van der Waals surface area contributed by atoms with E-state index >= 15 is 0 Å². The molecule has 10 nitrogen and oxygen atoms in total. The van der Waals surface area contributed by atoms with Crippen LogP contribution in [0.25, 0.3) is 11.3 Å². The minimum absolute atomic E-state index is 0.0664. The molecular formula is C23H20ClN7O3. The van der Waals surface area contributed by atoms with E-state index in [0.717, 1.165) is 5.56 Å². The molecule has 3 amide bonds. The first-order valence-corrected chi connectivity index (χ1v) is 10.5. The van der Waals surface area contributed by atoms with Crippen molar-refractivity contribution in [1.82, 2.24) is 19.7 Å². The Balaban J connectivity index is 1.54. The summed E-state index contributed by atoms with van der Waals surface area (Å²) in [5.74, 6) is -1.71. The fourth-order valence-corrected chi connectivity index (χ4v) is 3.60. The number of rotatable bonds is 6. The fourth-order valence-electron chi connectivity index (χ4n) is 3.39. The summed E-state index contributed by atoms with van der Waals surface area (Å²) >= 11 is 6.36. The number of amides is 3. The highest BCUT2D eigenvalue weighted by molar-refractivity contribution is 6.34. The summed E-state index contributed by atoms with van der Waals surface area (Å²) in [6.07, 6.45) is 1.23. The molecule has 172 valence electrons. The molecule has 11 heteroatoms. The van der Waals surface area contributed by atoms with Gasteiger partial charge in [0.25, 0.3) is 17.7 Å². The zero-order chi connectivity index (χ0) is 24.4. The Morgan fingerprint density at radius 3 is 2.41 bits per heavy atom. The number of aromatic amines is 1. The van der Waals surface area contributed by atoms with Crippen molar-refractivity contribution in [2.24, 2.45) is 12.8 Å². The molecule has 2 aromatic heterocycles. The molecule has 0 saturated heterocycles. The van der Waals surface area contributed by atoms with Crippen molar-refractivity contribution in [2.75, 3.05) is 17.3 Å². The fraction of sp³-hybridized carbons (Fsp3) is 0.0870. The number of nitrogens with one attached hydrogen (secondary N) is 2. The predicted molar refractivity (Wildman–Crippen MR) is 128 cm³/mol. The molecule has 4 aromatic rings. The van der Waals surface area contributed by atoms with E-state index in [4.69, 9.17) is 17.3 Å². The van der Waals surface area contributed by atoms with E-state index in [2.05, 4.69) is 20.4 Å². The SMILES string of the molecule is CN(C(=O)c1nc[nH]c1C(N)=O)c1ccc(NC(=O)c2c(-c3ccccc3)nn(C)c2Cl)cc1. The molecule has 0 atom stereocenters. The number of hydrogen-bond acceptors (Lipinski definition) is 5. The normalized spacial score (nSPS) is 10.7. The molecule has 0 aliphatic rings. The van der Waals surface area contributed by atoms with Crippen LogP contribution < -0.4 is 16.0 Å². The summed E-state index contributed by atoms with van der Waals surface area (Å²) < 4.78 is 1.44. The summed E-state index contributed by atoms with van der Waals surface area (Å²) in [6, 6.07) is 15.8. The van der Waals surface area contributed by atoms with Crippen LogP contribution in [-0.4, -0.2) is 44.5 Å². The van der Waals surface area contributed by atoms with Crippen LogP contribution in [-0.2, 0) is 7.05 Å². The largest absolute Gasteiger partial charge is 0.364 e. The molecule has 0 aliphatic heterocycles. The third-order valence-electron chi connectivity index (χ3n) is 5.16. The zero-order valence-electron chi connectivity index (χ0n) is 18.2. The van der Waals surface area contributed by atoms with Crippen LogP contribution in [0.4, 0.5) is 11.4 Å². The Morgan fingerprint density at radius 2 is 1.76 bits per heavy atom. The number of nitrogens with zero attached hydrogens (tertiary/aromatic N) is 4. The Morgan fingerprint density at radius 1 is 1.09 bits per heavy atom. The molecule has 2 heterocycles. The monoisotopic (exact) mass is 477 g/mol. The number of carbonyl (C=O) groups is 3. The number of halogens is 1. The summed E-state index contributed by atoms with van der Waals surface area (Å²) in [6.45, 7) is 0. The molecule has 0 fully saturated rings. The smallest absolute Gasteiger partial charge is 0.279 e. The van der Waals surface area contributed by atoms with Gasteiger partial charge in [-0.3, -0.25) is 19.1 Å². The second-order valence-corrected chi connectivity index (χ2v) is 7.72. The summed E-state index contributed by atoms with van der Waals surface area (Å²) in [7, 11) is 3.20. The van der Waals surface area contributed by atoms with Crippen molar-refractivity contribution in [1.29, 1.82) is 0 Å². The predicted octanol–water partition coefficient (Wildman–Crippen LogP) is 3.09. The Kier molecular flexibility index (Phi) is 6.15. The van der Waals surface area contributed by atoms with Crippen molar-refractivity contribution in [3.05, 3.63) is 83.0 Å². The molecule has 0 spiro atoms. The van der Waals surface area contributed by atoms with Crippen LogP contribution in [0.2, 0.25) is 5.15 Å². The van der Waals surface area contributed by atoms with Crippen molar-refractivity contribution >= 4 is 40.7 Å². The van der Waals surface area contributed by atoms with Gasteiger partial charge in [-0.2, -0.15) is 5.10 Å². The van der Waals surface area contributed by atoms with Crippen molar-refractivity contribution in [3.8, 4) is 11.3 Å². The highest BCUT2D eigenvalue weighted by atomic mass is 35.5. The molecule has 0 aliphatic carbocycles. The molecule has 4 rings (SSSR count). The molecule has 34 heavy (non-hydrogen) atoms. The molecular weight excluding hydrogens is 458 g/mol. The molecule has 0 bridgehead atoms. The van der Waals surface area contributed by atoms with Crippen LogP contribution in [0.5, 0.6) is 0 Å². The van der Waals surface area contributed by atoms with Crippen molar-refractivity contribution in [2.45, 2.75) is 0 Å². The highest BCUT2D eigenvalue weighted by Gasteiger charge is 2.24. The van der Waals surface area contributed by atoms with Gasteiger partial charge in [0.05, 0.1) is 6.33 Å². The summed E-state index contributed by atoms with van der Waals surface area (Å²) in [5.41, 5.74) is 7.63. The first-order valence-electron chi connectivity index (χ1n) is 10.1. The van der Waals surface area contributed by atoms with Crippen LogP contribution in [0.15, 0.2) is 60.9 Å². The van der Waals surface area contributed by atoms with E-state index in [1.165, 1.54) is 23.0 Å². The second kappa shape index (κ2) is 9.20. The molecule has 4 N–H and O–H groups in total. The quantitative estimate of drug-likeness (QED) is 0.391. The van der Waals surface area contributed by atoms with Crippen molar-refractivity contribution in [3.63, 3.8) is 0 Å². The maximum Gasteiger partial charge on any atom is 0.279 e. The molecule has 0 unspecified atom stereocenters. The lowest BCUT2D eigenvalue weighted by Gasteiger charge is -2.17. The molecule has 0 radical (unpaired) electrons. The van der Waals surface area contributed by atoms with Gasteiger partial charge in [-0.05, 0) is 24.3 Å². The van der Waals surface area contributed by atoms with Gasteiger partial charge in [0.15, 0.2) is 5.69 Å². The molecule has 2 aromatic carbocycles. The third-order valence-corrected chi connectivity index (χ3v) is 5.59. The number of benzene rings is 2. The van der Waals surface area contributed by atoms with Crippen molar-refractivity contribution < 1.29 is 14.4 Å². The number of carbonyl (C=O) groups excluding carboxylic acids is 3. The lowest BCUT2D eigenvalue weighted by atomic mass is 10.1. The number of anilines is 2. The van der Waals surface area contributed by atoms with Crippen LogP contribution in [0.1, 0.15) is 31.3 Å². The first-order chi connectivity index (χ1) is 16.3. The third kappa shape index (κ3) is 4.26. The topological polar surface area (TPSA) is 139 Å². The number of aryl methyl sites for hydroxylation is 1. The van der Waals surface area contributed by atoms with Crippen LogP contribution >= 0.6 is 11.6 Å². The maximum absolute atomic E-state index is 13.1. The highest BCUT2D eigenvalue weighted by Crippen LogP contribution is 2.29. The maximum atomic E-state index is 13.1. The Labute approximate surface area is 199 Å². The lowest BCUT2D eigenvalue weighted by Crippen LogP contribution is -2.29. The van der Waals surface area contributed by atoms with Gasteiger partial charge in [0.1, 0.15) is 22.1 Å². The molecule has 0 saturated carbocycles. The zero-order valence-corrected chi connectivity index (χ0v) is 19.0. The van der Waals surface area contributed by atoms with Gasteiger partial charge in [-0.25, -0.2) is 4.98 Å². The van der Waals surface area contributed by atoms with Gasteiger partial charge < -0.3 is 20.9 Å². The summed E-state index contributed by atoms with van der Waals surface area (Å²) in [5, 5.41) is 7.40. The Bertz CT molecular complexity index is 1380. The van der Waals surface area contributed by atoms with Gasteiger partial charge >= 0.3 is 0 Å². The standard InChI is InChI=1S/C23H20ClN7O3/c1-30(23(34)19-18(21(25)32)26-12-27-19)15-10-8-14(9-11-15)28-22(33)16-17(29-31(2)20(16)24)13-6-4-3-5-7-13/h3-12H,1-2H3,(H2,25,32)(H,26,27)(H,28,33). The van der Waals surface area contributed by atoms with Gasteiger partial charge in [0.2, 0.25) is 0 Å². The lowest BCUT2D eigenvalue weighted by molar-refractivity contribution is 0.0958. The number of nitrogens with two attached hydrogens (primary N) is 1. The number of hydrogen-bond donors (Lipinski definition) is 3. The number of primary amides is 1. The minimum Gasteiger partial charge on any atom is -0.364 e. The average molecular weight is 478 g/mol. The van der Waals surface area contributed by atoms with Crippen LogP contribution in [0.3, 0.4) is 0 Å².